The Balaban J connectivity index is 1.59. The first-order chi connectivity index (χ1) is 10.8. The zero-order valence-electron chi connectivity index (χ0n) is 12.3. The minimum Gasteiger partial charge on any atom is -0.497 e. The van der Waals surface area contributed by atoms with E-state index in [1.165, 1.54) is 0 Å². The molecule has 1 aromatic heterocycles. The van der Waals surface area contributed by atoms with Crippen molar-refractivity contribution < 1.29 is 13.9 Å². The van der Waals surface area contributed by atoms with Gasteiger partial charge in [0.15, 0.2) is 0 Å². The van der Waals surface area contributed by atoms with Gasteiger partial charge < -0.3 is 14.5 Å². The van der Waals surface area contributed by atoms with Crippen LogP contribution in [0.25, 0.3) is 11.0 Å². The van der Waals surface area contributed by atoms with E-state index in [0.717, 1.165) is 28.7 Å². The highest BCUT2D eigenvalue weighted by Gasteiger charge is 2.07. The third-order valence-electron chi connectivity index (χ3n) is 3.59. The van der Waals surface area contributed by atoms with Crippen LogP contribution in [0.4, 0.5) is 0 Å². The van der Waals surface area contributed by atoms with E-state index in [1.807, 2.05) is 24.3 Å². The van der Waals surface area contributed by atoms with E-state index in [4.69, 9.17) is 9.15 Å². The molecule has 0 atom stereocenters. The Bertz CT molecular complexity index is 774. The van der Waals surface area contributed by atoms with E-state index in [9.17, 15) is 4.79 Å². The lowest BCUT2D eigenvalue weighted by Gasteiger charge is -2.05. The summed E-state index contributed by atoms with van der Waals surface area (Å²) in [6.45, 7) is 0.564. The first-order valence-electron chi connectivity index (χ1n) is 7.15. The molecule has 0 aliphatic rings. The van der Waals surface area contributed by atoms with Crippen molar-refractivity contribution in [3.63, 3.8) is 0 Å². The summed E-state index contributed by atoms with van der Waals surface area (Å²) in [6, 6.07) is 15.0. The van der Waals surface area contributed by atoms with Gasteiger partial charge in [0.05, 0.1) is 13.4 Å². The van der Waals surface area contributed by atoms with Gasteiger partial charge in [-0.15, -0.1) is 0 Å². The Morgan fingerprint density at radius 3 is 2.68 bits per heavy atom. The highest BCUT2D eigenvalue weighted by Crippen LogP contribution is 2.20. The van der Waals surface area contributed by atoms with Crippen molar-refractivity contribution in [2.45, 2.75) is 6.42 Å². The van der Waals surface area contributed by atoms with Gasteiger partial charge in [0.2, 0.25) is 0 Å². The number of furan rings is 1. The molecule has 3 rings (SSSR count). The fourth-order valence-electron chi connectivity index (χ4n) is 2.38. The smallest absolute Gasteiger partial charge is 0.251 e. The molecule has 0 radical (unpaired) electrons. The second-order valence-corrected chi connectivity index (χ2v) is 4.99. The van der Waals surface area contributed by atoms with Crippen molar-refractivity contribution in [2.75, 3.05) is 13.7 Å². The third kappa shape index (κ3) is 2.96. The van der Waals surface area contributed by atoms with Gasteiger partial charge in [0, 0.05) is 17.5 Å². The second kappa shape index (κ2) is 6.35. The van der Waals surface area contributed by atoms with Gasteiger partial charge in [0.1, 0.15) is 11.3 Å². The number of hydrogen-bond acceptors (Lipinski definition) is 3. The van der Waals surface area contributed by atoms with Crippen LogP contribution in [0.1, 0.15) is 15.9 Å². The van der Waals surface area contributed by atoms with Crippen LogP contribution in [0, 0.1) is 0 Å². The van der Waals surface area contributed by atoms with Gasteiger partial charge in [-0.05, 0) is 42.3 Å². The molecule has 112 valence electrons. The average Bonchev–Trinajstić information content (AvgIpc) is 2.98. The molecule has 4 nitrogen and oxygen atoms in total. The predicted molar refractivity (Wildman–Crippen MR) is 85.2 cm³/mol. The molecular formula is C18H17NO3. The summed E-state index contributed by atoms with van der Waals surface area (Å²) in [6.07, 6.45) is 2.49. The summed E-state index contributed by atoms with van der Waals surface area (Å²) in [5, 5.41) is 4.02. The molecule has 1 amide bonds. The topological polar surface area (TPSA) is 51.5 Å². The third-order valence-corrected chi connectivity index (χ3v) is 3.59. The molecule has 1 heterocycles. The van der Waals surface area contributed by atoms with Gasteiger partial charge in [-0.3, -0.25) is 4.79 Å². The molecule has 0 unspecified atom stereocenters. The molecule has 0 aliphatic carbocycles. The van der Waals surface area contributed by atoms with E-state index < -0.39 is 0 Å². The van der Waals surface area contributed by atoms with Crippen LogP contribution in [-0.4, -0.2) is 19.6 Å². The van der Waals surface area contributed by atoms with Crippen LogP contribution < -0.4 is 10.1 Å². The standard InChI is InChI=1S/C18H17NO3/c1-21-15-8-6-13(7-9-15)18(20)19-11-10-14-12-22-17-5-3-2-4-16(14)17/h2-9,12H,10-11H2,1H3,(H,19,20). The minimum absolute atomic E-state index is 0.0875. The molecule has 0 spiro atoms. The van der Waals surface area contributed by atoms with Crippen molar-refractivity contribution in [1.29, 1.82) is 0 Å². The maximum Gasteiger partial charge on any atom is 0.251 e. The maximum absolute atomic E-state index is 12.1. The highest BCUT2D eigenvalue weighted by molar-refractivity contribution is 5.94. The molecular weight excluding hydrogens is 278 g/mol. The molecule has 0 bridgehead atoms. The number of benzene rings is 2. The number of carbonyl (C=O) groups excluding carboxylic acids is 1. The SMILES string of the molecule is COc1ccc(C(=O)NCCc2coc3ccccc23)cc1. The van der Waals surface area contributed by atoms with Crippen molar-refractivity contribution in [1.82, 2.24) is 5.32 Å². The molecule has 0 saturated carbocycles. The number of nitrogens with one attached hydrogen (secondary N) is 1. The van der Waals surface area contributed by atoms with Crippen LogP contribution in [0.2, 0.25) is 0 Å². The molecule has 0 saturated heterocycles. The van der Waals surface area contributed by atoms with Crippen LogP contribution in [-0.2, 0) is 6.42 Å². The van der Waals surface area contributed by atoms with E-state index in [1.54, 1.807) is 37.6 Å². The van der Waals surface area contributed by atoms with E-state index >= 15 is 0 Å². The first kappa shape index (κ1) is 14.2. The van der Waals surface area contributed by atoms with Crippen LogP contribution in [0.15, 0.2) is 59.2 Å². The molecule has 2 aromatic carbocycles. The Kier molecular flexibility index (Phi) is 4.10. The number of carbonyl (C=O) groups is 1. The van der Waals surface area contributed by atoms with E-state index in [-0.39, 0.29) is 5.91 Å². The average molecular weight is 295 g/mol. The van der Waals surface area contributed by atoms with Crippen LogP contribution in [0.3, 0.4) is 0 Å². The van der Waals surface area contributed by atoms with Gasteiger partial charge in [-0.1, -0.05) is 18.2 Å². The van der Waals surface area contributed by atoms with Gasteiger partial charge in [-0.2, -0.15) is 0 Å². The van der Waals surface area contributed by atoms with Crippen LogP contribution in [0.5, 0.6) is 5.75 Å². The lowest BCUT2D eigenvalue weighted by molar-refractivity contribution is 0.0954. The van der Waals surface area contributed by atoms with E-state index in [0.29, 0.717) is 12.1 Å². The molecule has 0 fully saturated rings. The quantitative estimate of drug-likeness (QED) is 0.784. The lowest BCUT2D eigenvalue weighted by Crippen LogP contribution is -2.25. The van der Waals surface area contributed by atoms with Crippen molar-refractivity contribution in [2.24, 2.45) is 0 Å². The van der Waals surface area contributed by atoms with Crippen molar-refractivity contribution in [3.05, 3.63) is 65.9 Å². The lowest BCUT2D eigenvalue weighted by atomic mass is 10.1. The summed E-state index contributed by atoms with van der Waals surface area (Å²) in [7, 11) is 1.60. The van der Waals surface area contributed by atoms with Crippen molar-refractivity contribution >= 4 is 16.9 Å². The number of amides is 1. The Hall–Kier alpha value is -2.75. The van der Waals surface area contributed by atoms with Crippen LogP contribution >= 0.6 is 0 Å². The summed E-state index contributed by atoms with van der Waals surface area (Å²) in [5.74, 6) is 0.650. The minimum atomic E-state index is -0.0875. The monoisotopic (exact) mass is 295 g/mol. The number of fused-ring (bicyclic) bond motifs is 1. The molecule has 22 heavy (non-hydrogen) atoms. The first-order valence-corrected chi connectivity index (χ1v) is 7.15. The second-order valence-electron chi connectivity index (χ2n) is 4.99. The normalized spacial score (nSPS) is 10.6. The fourth-order valence-corrected chi connectivity index (χ4v) is 2.38. The number of methoxy groups -OCH3 is 1. The number of para-hydroxylation sites is 1. The Labute approximate surface area is 128 Å². The number of rotatable bonds is 5. The van der Waals surface area contributed by atoms with Gasteiger partial charge in [-0.25, -0.2) is 0 Å². The molecule has 4 heteroatoms. The predicted octanol–water partition coefficient (Wildman–Crippen LogP) is 3.41. The summed E-state index contributed by atoms with van der Waals surface area (Å²) < 4.78 is 10.6. The molecule has 0 aliphatic heterocycles. The highest BCUT2D eigenvalue weighted by atomic mass is 16.5. The van der Waals surface area contributed by atoms with Gasteiger partial charge >= 0.3 is 0 Å². The zero-order chi connectivity index (χ0) is 15.4. The summed E-state index contributed by atoms with van der Waals surface area (Å²) in [5.41, 5.74) is 2.60. The number of hydrogen-bond donors (Lipinski definition) is 1. The largest absolute Gasteiger partial charge is 0.497 e. The zero-order valence-corrected chi connectivity index (χ0v) is 12.3. The summed E-state index contributed by atoms with van der Waals surface area (Å²) in [4.78, 5) is 12.1. The Morgan fingerprint density at radius 2 is 1.91 bits per heavy atom. The maximum atomic E-state index is 12.1. The van der Waals surface area contributed by atoms with Crippen molar-refractivity contribution in [3.8, 4) is 5.75 Å². The number of ether oxygens (including phenoxy) is 1. The summed E-state index contributed by atoms with van der Waals surface area (Å²) >= 11 is 0. The van der Waals surface area contributed by atoms with E-state index in [2.05, 4.69) is 5.32 Å². The Morgan fingerprint density at radius 1 is 1.14 bits per heavy atom. The van der Waals surface area contributed by atoms with Gasteiger partial charge in [0.25, 0.3) is 5.91 Å². The molecule has 3 aromatic rings. The fraction of sp³-hybridized carbons (Fsp3) is 0.167. The molecule has 1 N–H and O–H groups in total.